The lowest BCUT2D eigenvalue weighted by atomic mass is 10.0. The molecule has 0 fully saturated rings. The van der Waals surface area contributed by atoms with Gasteiger partial charge in [0.1, 0.15) is 0 Å². The Morgan fingerprint density at radius 3 is 1.43 bits per heavy atom. The van der Waals surface area contributed by atoms with Crippen molar-refractivity contribution >= 4 is 21.3 Å². The van der Waals surface area contributed by atoms with Gasteiger partial charge in [-0.25, -0.2) is 8.42 Å². The molecule has 0 aromatic rings. The number of unbranched alkanes of at least 4 members (excludes halogenated alkanes) is 13. The molecule has 0 heterocycles. The van der Waals surface area contributed by atoms with E-state index >= 15 is 0 Å². The van der Waals surface area contributed by atoms with E-state index in [1.165, 1.54) is 64.2 Å². The van der Waals surface area contributed by atoms with Gasteiger partial charge in [0, 0.05) is 11.3 Å². The van der Waals surface area contributed by atoms with E-state index in [2.05, 4.69) is 6.92 Å². The third-order valence-corrected chi connectivity index (χ3v) is 6.35. The number of hydrogen-bond donors (Lipinski definition) is 1. The van der Waals surface area contributed by atoms with E-state index in [0.29, 0.717) is 6.42 Å². The van der Waals surface area contributed by atoms with E-state index in [1.807, 2.05) is 0 Å². The molecule has 0 aromatic heterocycles. The van der Waals surface area contributed by atoms with Gasteiger partial charge >= 0.3 is 0 Å². The molecule has 7 heteroatoms. The molecule has 0 bridgehead atoms. The van der Waals surface area contributed by atoms with E-state index in [-0.39, 0.29) is 5.75 Å². The number of sulfonamides is 1. The maximum absolute atomic E-state index is 11.3. The number of hydrogen-bond acceptors (Lipinski definition) is 4. The highest BCUT2D eigenvalue weighted by Crippen LogP contribution is 2.13. The topological polar surface area (TPSA) is 86.3 Å². The van der Waals surface area contributed by atoms with Gasteiger partial charge in [0.25, 0.3) is 0 Å². The minimum absolute atomic E-state index is 0.112. The molecule has 1 N–H and O–H groups in total. The molecule has 0 aliphatic carbocycles. The minimum Gasteiger partial charge on any atom is -0.759 e. The van der Waals surface area contributed by atoms with Gasteiger partial charge in [0.2, 0.25) is 10.0 Å². The standard InChI is InChI=1S/C16H35NO4S2/c1-2-3-4-5-6-7-8-9-10-11-12-13-14-15-16-23(20,21)17-22(18)19/h17H,2-16H2,1H3,(H,18,19)/p-1. The molecule has 1 atom stereocenters. The normalized spacial score (nSPS) is 13.3. The maximum atomic E-state index is 11.3. The molecule has 0 rings (SSSR count). The van der Waals surface area contributed by atoms with Crippen LogP contribution in [0.4, 0.5) is 0 Å². The van der Waals surface area contributed by atoms with Gasteiger partial charge in [-0.15, -0.1) is 4.13 Å². The fourth-order valence-corrected chi connectivity index (χ4v) is 4.38. The average Bonchev–Trinajstić information content (AvgIpc) is 2.46. The lowest BCUT2D eigenvalue weighted by molar-refractivity contribution is 0.528. The highest BCUT2D eigenvalue weighted by molar-refractivity contribution is 7.99. The first-order chi connectivity index (χ1) is 11.0. The molecule has 140 valence electrons. The Morgan fingerprint density at radius 2 is 1.09 bits per heavy atom. The lowest BCUT2D eigenvalue weighted by Crippen LogP contribution is -2.27. The van der Waals surface area contributed by atoms with Crippen molar-refractivity contribution in [3.63, 3.8) is 0 Å². The van der Waals surface area contributed by atoms with Crippen molar-refractivity contribution in [3.8, 4) is 0 Å². The highest BCUT2D eigenvalue weighted by Gasteiger charge is 2.08. The summed E-state index contributed by atoms with van der Waals surface area (Å²) < 4.78 is 44.6. The summed E-state index contributed by atoms with van der Waals surface area (Å²) in [6, 6.07) is 0. The van der Waals surface area contributed by atoms with Crippen molar-refractivity contribution in [1.82, 2.24) is 4.13 Å². The number of nitrogens with one attached hydrogen (secondary N) is 1. The first-order valence-electron chi connectivity index (χ1n) is 9.07. The van der Waals surface area contributed by atoms with E-state index < -0.39 is 21.3 Å². The molecular formula is C16H34NO4S2-. The molecular weight excluding hydrogens is 334 g/mol. The summed E-state index contributed by atoms with van der Waals surface area (Å²) in [5.41, 5.74) is 0. The zero-order valence-corrected chi connectivity index (χ0v) is 16.2. The molecule has 0 radical (unpaired) electrons. The summed E-state index contributed by atoms with van der Waals surface area (Å²) in [5, 5.41) is 0. The van der Waals surface area contributed by atoms with Gasteiger partial charge in [-0.1, -0.05) is 90.4 Å². The summed E-state index contributed by atoms with van der Waals surface area (Å²) in [6.07, 6.45) is 16.8. The number of rotatable bonds is 17. The Morgan fingerprint density at radius 1 is 0.739 bits per heavy atom. The third kappa shape index (κ3) is 18.2. The molecule has 0 aromatic carbocycles. The second kappa shape index (κ2) is 15.5. The van der Waals surface area contributed by atoms with Gasteiger partial charge in [-0.3, -0.25) is 4.21 Å². The van der Waals surface area contributed by atoms with Crippen LogP contribution in [0.15, 0.2) is 0 Å². The fraction of sp³-hybridized carbons (Fsp3) is 1.00. The van der Waals surface area contributed by atoms with Crippen molar-refractivity contribution in [3.05, 3.63) is 0 Å². The second-order valence-corrected chi connectivity index (χ2v) is 9.01. The van der Waals surface area contributed by atoms with E-state index in [0.717, 1.165) is 19.3 Å². The lowest BCUT2D eigenvalue weighted by Gasteiger charge is -2.08. The molecule has 0 spiro atoms. The van der Waals surface area contributed by atoms with Gasteiger partial charge in [-0.2, -0.15) is 0 Å². The van der Waals surface area contributed by atoms with Crippen LogP contribution in [0.1, 0.15) is 96.8 Å². The Labute approximate surface area is 145 Å². The second-order valence-electron chi connectivity index (χ2n) is 6.23. The molecule has 0 saturated carbocycles. The zero-order chi connectivity index (χ0) is 17.4. The van der Waals surface area contributed by atoms with Crippen molar-refractivity contribution in [1.29, 1.82) is 0 Å². The quantitative estimate of drug-likeness (QED) is 0.308. The summed E-state index contributed by atoms with van der Waals surface area (Å²) >= 11 is -2.74. The van der Waals surface area contributed by atoms with Crippen LogP contribution in [-0.2, 0) is 21.3 Å². The van der Waals surface area contributed by atoms with Crippen LogP contribution in [0, 0.1) is 0 Å². The van der Waals surface area contributed by atoms with Gasteiger partial charge in [-0.05, 0) is 6.42 Å². The Hall–Kier alpha value is 0.0200. The fourth-order valence-electron chi connectivity index (χ4n) is 2.63. The molecule has 0 aliphatic heterocycles. The van der Waals surface area contributed by atoms with Crippen LogP contribution in [0.25, 0.3) is 0 Å². The van der Waals surface area contributed by atoms with E-state index in [9.17, 15) is 17.2 Å². The van der Waals surface area contributed by atoms with E-state index in [1.54, 1.807) is 4.13 Å². The maximum Gasteiger partial charge on any atom is 0.221 e. The molecule has 1 unspecified atom stereocenters. The van der Waals surface area contributed by atoms with Crippen molar-refractivity contribution in [2.45, 2.75) is 96.8 Å². The SMILES string of the molecule is CCCCCCCCCCCCCCCCS(=O)(=O)NS(=O)[O-]. The predicted molar refractivity (Wildman–Crippen MR) is 96.2 cm³/mol. The molecule has 23 heavy (non-hydrogen) atoms. The summed E-state index contributed by atoms with van der Waals surface area (Å²) in [7, 11) is -3.66. The molecule has 5 nitrogen and oxygen atoms in total. The Bertz CT molecular complexity index is 386. The highest BCUT2D eigenvalue weighted by atomic mass is 32.3. The smallest absolute Gasteiger partial charge is 0.221 e. The van der Waals surface area contributed by atoms with Crippen molar-refractivity contribution in [2.75, 3.05) is 5.75 Å². The van der Waals surface area contributed by atoms with Crippen LogP contribution < -0.4 is 4.13 Å². The monoisotopic (exact) mass is 368 g/mol. The zero-order valence-electron chi connectivity index (χ0n) is 14.6. The first kappa shape index (κ1) is 23.0. The summed E-state index contributed by atoms with van der Waals surface area (Å²) in [4.78, 5) is 0. The van der Waals surface area contributed by atoms with Crippen LogP contribution in [0.2, 0.25) is 0 Å². The van der Waals surface area contributed by atoms with Crippen LogP contribution in [-0.4, -0.2) is 22.9 Å². The minimum atomic E-state index is -3.66. The largest absolute Gasteiger partial charge is 0.759 e. The van der Waals surface area contributed by atoms with E-state index in [4.69, 9.17) is 0 Å². The van der Waals surface area contributed by atoms with Gasteiger partial charge < -0.3 is 4.55 Å². The third-order valence-electron chi connectivity index (χ3n) is 3.96. The van der Waals surface area contributed by atoms with Gasteiger partial charge in [0.05, 0.1) is 5.75 Å². The average molecular weight is 369 g/mol. The van der Waals surface area contributed by atoms with Crippen molar-refractivity contribution in [2.24, 2.45) is 0 Å². The first-order valence-corrected chi connectivity index (χ1v) is 11.8. The molecule has 0 saturated heterocycles. The Kier molecular flexibility index (Phi) is 15.6. The predicted octanol–water partition coefficient (Wildman–Crippen LogP) is 4.18. The summed E-state index contributed by atoms with van der Waals surface area (Å²) in [6.45, 7) is 2.24. The molecule has 0 amide bonds. The molecule has 0 aliphatic rings. The van der Waals surface area contributed by atoms with Crippen LogP contribution in [0.5, 0.6) is 0 Å². The van der Waals surface area contributed by atoms with Crippen molar-refractivity contribution < 1.29 is 17.2 Å². The van der Waals surface area contributed by atoms with Gasteiger partial charge in [0.15, 0.2) is 0 Å². The van der Waals surface area contributed by atoms with Crippen LogP contribution >= 0.6 is 0 Å². The van der Waals surface area contributed by atoms with Crippen LogP contribution in [0.3, 0.4) is 0 Å². The summed E-state index contributed by atoms with van der Waals surface area (Å²) in [5.74, 6) is -0.112. The Balaban J connectivity index is 3.23.